The molecule has 106 valence electrons. The van der Waals surface area contributed by atoms with Crippen molar-refractivity contribution in [1.82, 2.24) is 9.62 Å². The second-order valence-electron chi connectivity index (χ2n) is 3.70. The maximum Gasteiger partial charge on any atom is 0.416 e. The largest absolute Gasteiger partial charge is 0.416 e. The monoisotopic (exact) mass is 308 g/mol. The minimum absolute atomic E-state index is 0.579. The van der Waals surface area contributed by atoms with E-state index in [0.29, 0.717) is 10.0 Å². The zero-order valence-corrected chi connectivity index (χ0v) is 12.3. The molecule has 0 heterocycles. The molecule has 0 amide bonds. The van der Waals surface area contributed by atoms with Crippen LogP contribution in [-0.4, -0.2) is 23.1 Å². The third kappa shape index (κ3) is 4.91. The molecule has 0 bridgehead atoms. The molecule has 19 heavy (non-hydrogen) atoms. The fourth-order valence-corrected chi connectivity index (χ4v) is 2.38. The lowest BCUT2D eigenvalue weighted by Crippen LogP contribution is -2.36. The van der Waals surface area contributed by atoms with Gasteiger partial charge in [-0.15, -0.1) is 0 Å². The number of hydrogen-bond acceptors (Lipinski definition) is 2. The summed E-state index contributed by atoms with van der Waals surface area (Å²) >= 11 is 6.38. The second kappa shape index (κ2) is 7.00. The van der Waals surface area contributed by atoms with E-state index >= 15 is 0 Å². The van der Waals surface area contributed by atoms with Crippen molar-refractivity contribution in [3.05, 3.63) is 29.8 Å². The molecule has 0 atom stereocenters. The second-order valence-corrected chi connectivity index (χ2v) is 4.97. The summed E-state index contributed by atoms with van der Waals surface area (Å²) in [5.41, 5.74) is -0.650. The highest BCUT2D eigenvalue weighted by Gasteiger charge is 2.29. The summed E-state index contributed by atoms with van der Waals surface area (Å²) in [6.07, 6.45) is -4.30. The number of hydrogen-bond donors (Lipinski definition) is 1. The number of nitrogens with zero attached hydrogens (tertiary/aromatic N) is 1. The summed E-state index contributed by atoms with van der Waals surface area (Å²) in [4.78, 5) is 2.63. The van der Waals surface area contributed by atoms with Crippen LogP contribution in [0.4, 0.5) is 13.2 Å². The molecule has 0 spiro atoms. The Balaban J connectivity index is 2.57. The Morgan fingerprint density at radius 2 is 1.74 bits per heavy atom. The van der Waals surface area contributed by atoms with Crippen LogP contribution in [0.2, 0.25) is 0 Å². The van der Waals surface area contributed by atoms with Crippen LogP contribution in [-0.2, 0) is 6.18 Å². The van der Waals surface area contributed by atoms with Crippen molar-refractivity contribution < 1.29 is 13.2 Å². The molecular weight excluding hydrogens is 293 g/mol. The Labute approximate surface area is 120 Å². The minimum atomic E-state index is -4.30. The van der Waals surface area contributed by atoms with Crippen molar-refractivity contribution in [2.75, 3.05) is 13.1 Å². The van der Waals surface area contributed by atoms with E-state index in [1.54, 1.807) is 0 Å². The fourth-order valence-electron chi connectivity index (χ4n) is 1.39. The first-order chi connectivity index (χ1) is 8.88. The van der Waals surface area contributed by atoms with Crippen molar-refractivity contribution in [3.63, 3.8) is 0 Å². The van der Waals surface area contributed by atoms with Crippen LogP contribution in [0, 0.1) is 0 Å². The van der Waals surface area contributed by atoms with Gasteiger partial charge in [0.05, 0.1) is 5.56 Å². The average molecular weight is 308 g/mol. The maximum absolute atomic E-state index is 12.4. The quantitative estimate of drug-likeness (QED) is 0.669. The summed E-state index contributed by atoms with van der Waals surface area (Å²) in [6.45, 7) is 5.55. The summed E-state index contributed by atoms with van der Waals surface area (Å²) in [7, 11) is 0. The summed E-state index contributed by atoms with van der Waals surface area (Å²) in [5.74, 6) is 0. The topological polar surface area (TPSA) is 15.3 Å². The van der Waals surface area contributed by atoms with Crippen molar-refractivity contribution in [2.45, 2.75) is 24.9 Å². The van der Waals surface area contributed by atoms with Crippen molar-refractivity contribution in [1.29, 1.82) is 0 Å². The molecule has 1 rings (SSSR count). The number of halogens is 3. The van der Waals surface area contributed by atoms with Gasteiger partial charge < -0.3 is 9.62 Å². The molecule has 1 N–H and O–H groups in total. The maximum atomic E-state index is 12.4. The standard InChI is InChI=1S/C12H15F3N2S2/c1-3-17(4-2)11(18)16-19-10-7-5-9(6-8-10)12(13,14)15/h5-8H,3-4H2,1-2H3,(H,16,18). The van der Waals surface area contributed by atoms with Gasteiger partial charge >= 0.3 is 6.18 Å². The van der Waals surface area contributed by atoms with E-state index in [0.717, 1.165) is 25.2 Å². The molecule has 0 aliphatic heterocycles. The predicted octanol–water partition coefficient (Wildman–Crippen LogP) is 3.93. The highest BCUT2D eigenvalue weighted by atomic mass is 32.2. The van der Waals surface area contributed by atoms with Gasteiger partial charge in [-0.2, -0.15) is 13.2 Å². The van der Waals surface area contributed by atoms with E-state index < -0.39 is 11.7 Å². The third-order valence-corrected chi connectivity index (χ3v) is 3.78. The van der Waals surface area contributed by atoms with E-state index in [1.165, 1.54) is 24.1 Å². The third-order valence-electron chi connectivity index (χ3n) is 2.49. The average Bonchev–Trinajstić information content (AvgIpc) is 2.37. The molecule has 0 radical (unpaired) electrons. The van der Waals surface area contributed by atoms with E-state index in [-0.39, 0.29) is 0 Å². The highest BCUT2D eigenvalue weighted by molar-refractivity contribution is 7.99. The van der Waals surface area contributed by atoms with Gasteiger partial charge in [0, 0.05) is 18.0 Å². The Hall–Kier alpha value is -0.950. The zero-order chi connectivity index (χ0) is 14.5. The highest BCUT2D eigenvalue weighted by Crippen LogP contribution is 2.30. The molecule has 0 unspecified atom stereocenters. The van der Waals surface area contributed by atoms with Crippen LogP contribution in [0.1, 0.15) is 19.4 Å². The van der Waals surface area contributed by atoms with E-state index in [2.05, 4.69) is 4.72 Å². The Kier molecular flexibility index (Phi) is 5.93. The number of thiocarbonyl (C=S) groups is 1. The van der Waals surface area contributed by atoms with Crippen molar-refractivity contribution in [3.8, 4) is 0 Å². The first kappa shape index (κ1) is 16.1. The van der Waals surface area contributed by atoms with Crippen LogP contribution in [0.3, 0.4) is 0 Å². The van der Waals surface area contributed by atoms with E-state index in [1.807, 2.05) is 18.7 Å². The molecule has 0 saturated carbocycles. The Bertz CT molecular complexity index is 414. The number of rotatable bonds is 4. The fraction of sp³-hybridized carbons (Fsp3) is 0.417. The summed E-state index contributed by atoms with van der Waals surface area (Å²) in [5, 5.41) is 0.579. The van der Waals surface area contributed by atoms with Gasteiger partial charge in [0.25, 0.3) is 0 Å². The molecular formula is C12H15F3N2S2. The molecule has 0 saturated heterocycles. The Morgan fingerprint density at radius 3 is 2.16 bits per heavy atom. The van der Waals surface area contributed by atoms with Gasteiger partial charge in [-0.1, -0.05) is 0 Å². The van der Waals surface area contributed by atoms with Gasteiger partial charge in [-0.05, 0) is 62.3 Å². The summed E-state index contributed by atoms with van der Waals surface area (Å²) < 4.78 is 40.1. The van der Waals surface area contributed by atoms with Crippen LogP contribution in [0.5, 0.6) is 0 Å². The molecule has 7 heteroatoms. The van der Waals surface area contributed by atoms with Crippen LogP contribution >= 0.6 is 24.2 Å². The predicted molar refractivity (Wildman–Crippen MR) is 76.0 cm³/mol. The van der Waals surface area contributed by atoms with E-state index in [4.69, 9.17) is 12.2 Å². The normalized spacial score (nSPS) is 11.2. The molecule has 0 aliphatic rings. The van der Waals surface area contributed by atoms with Gasteiger partial charge in [0.2, 0.25) is 0 Å². The first-order valence-corrected chi connectivity index (χ1v) is 7.00. The van der Waals surface area contributed by atoms with Crippen molar-refractivity contribution >= 4 is 29.3 Å². The molecule has 0 aromatic heterocycles. The molecule has 2 nitrogen and oxygen atoms in total. The molecule has 1 aromatic rings. The smallest absolute Gasteiger partial charge is 0.349 e. The van der Waals surface area contributed by atoms with Crippen LogP contribution in [0.25, 0.3) is 0 Å². The lowest BCUT2D eigenvalue weighted by atomic mass is 10.2. The lowest BCUT2D eigenvalue weighted by Gasteiger charge is -2.21. The SMILES string of the molecule is CCN(CC)C(=S)NSc1ccc(C(F)(F)F)cc1. The molecule has 0 aliphatic carbocycles. The summed E-state index contributed by atoms with van der Waals surface area (Å²) in [6, 6.07) is 4.96. The molecule has 1 aromatic carbocycles. The number of alkyl halides is 3. The zero-order valence-electron chi connectivity index (χ0n) is 10.6. The molecule has 0 fully saturated rings. The van der Waals surface area contributed by atoms with Gasteiger partial charge in [0.1, 0.15) is 0 Å². The Morgan fingerprint density at radius 1 is 1.21 bits per heavy atom. The number of nitrogens with one attached hydrogen (secondary N) is 1. The van der Waals surface area contributed by atoms with Crippen LogP contribution < -0.4 is 4.72 Å². The van der Waals surface area contributed by atoms with Gasteiger partial charge in [-0.25, -0.2) is 0 Å². The van der Waals surface area contributed by atoms with Crippen LogP contribution in [0.15, 0.2) is 29.2 Å². The van der Waals surface area contributed by atoms with E-state index in [9.17, 15) is 13.2 Å². The lowest BCUT2D eigenvalue weighted by molar-refractivity contribution is -0.137. The van der Waals surface area contributed by atoms with Gasteiger partial charge in [-0.3, -0.25) is 0 Å². The van der Waals surface area contributed by atoms with Crippen molar-refractivity contribution in [2.24, 2.45) is 0 Å². The first-order valence-electron chi connectivity index (χ1n) is 5.77. The number of benzene rings is 1. The minimum Gasteiger partial charge on any atom is -0.349 e. The van der Waals surface area contributed by atoms with Gasteiger partial charge in [0.15, 0.2) is 5.11 Å².